The van der Waals surface area contributed by atoms with E-state index in [4.69, 9.17) is 4.74 Å². The molecule has 1 aromatic carbocycles. The van der Waals surface area contributed by atoms with Crippen LogP contribution in [-0.2, 0) is 13.0 Å². The summed E-state index contributed by atoms with van der Waals surface area (Å²) in [7, 11) is 2.03. The third kappa shape index (κ3) is 2.81. The zero-order valence-electron chi connectivity index (χ0n) is 13.0. The third-order valence-corrected chi connectivity index (χ3v) is 4.23. The predicted octanol–water partition coefficient (Wildman–Crippen LogP) is 3.25. The van der Waals surface area contributed by atoms with Crippen molar-refractivity contribution in [3.8, 4) is 5.75 Å². The zero-order chi connectivity index (χ0) is 14.8. The molecule has 4 nitrogen and oxygen atoms in total. The summed E-state index contributed by atoms with van der Waals surface area (Å²) in [6.45, 7) is 4.86. The van der Waals surface area contributed by atoms with Crippen LogP contribution in [0.3, 0.4) is 0 Å². The summed E-state index contributed by atoms with van der Waals surface area (Å²) < 4.78 is 8.10. The first-order valence-corrected chi connectivity index (χ1v) is 7.62. The van der Waals surface area contributed by atoms with Crippen LogP contribution in [0, 0.1) is 0 Å². The molecule has 3 rings (SSSR count). The Morgan fingerprint density at radius 3 is 3.05 bits per heavy atom. The number of hydrogen-bond acceptors (Lipinski definition) is 3. The fourth-order valence-corrected chi connectivity index (χ4v) is 3.05. The Morgan fingerprint density at radius 2 is 2.29 bits per heavy atom. The van der Waals surface area contributed by atoms with Gasteiger partial charge in [-0.2, -0.15) is 0 Å². The summed E-state index contributed by atoms with van der Waals surface area (Å²) in [4.78, 5) is 4.21. The number of imidazole rings is 1. The number of nitrogens with one attached hydrogen (secondary N) is 1. The van der Waals surface area contributed by atoms with Gasteiger partial charge in [0.05, 0.1) is 18.2 Å². The molecule has 1 unspecified atom stereocenters. The molecule has 1 aliphatic carbocycles. The van der Waals surface area contributed by atoms with Gasteiger partial charge in [0, 0.05) is 12.1 Å². The molecule has 1 N–H and O–H groups in total. The van der Waals surface area contributed by atoms with Gasteiger partial charge in [-0.05, 0) is 57.0 Å². The normalized spacial score (nSPS) is 17.2. The van der Waals surface area contributed by atoms with Gasteiger partial charge in [-0.3, -0.25) is 0 Å². The molecule has 1 atom stereocenters. The third-order valence-electron chi connectivity index (χ3n) is 4.23. The topological polar surface area (TPSA) is 39.1 Å². The highest BCUT2D eigenvalue weighted by molar-refractivity contribution is 5.40. The minimum absolute atomic E-state index is 0.405. The predicted molar refractivity (Wildman–Crippen MR) is 83.5 cm³/mol. The molecule has 0 spiro atoms. The Hall–Kier alpha value is -1.81. The largest absolute Gasteiger partial charge is 0.487 e. The maximum Gasteiger partial charge on any atom is 0.130 e. The number of rotatable bonds is 5. The van der Waals surface area contributed by atoms with Gasteiger partial charge in [-0.15, -0.1) is 0 Å². The number of benzene rings is 1. The number of hydrogen-bond donors (Lipinski definition) is 1. The maximum absolute atomic E-state index is 5.95. The van der Waals surface area contributed by atoms with Crippen molar-refractivity contribution in [3.63, 3.8) is 0 Å². The average molecular weight is 285 g/mol. The van der Waals surface area contributed by atoms with Crippen LogP contribution in [0.4, 0.5) is 0 Å². The van der Waals surface area contributed by atoms with Crippen molar-refractivity contribution in [1.29, 1.82) is 0 Å². The lowest BCUT2D eigenvalue weighted by Gasteiger charge is -2.14. The van der Waals surface area contributed by atoms with Crippen LogP contribution in [-0.4, -0.2) is 16.6 Å². The van der Waals surface area contributed by atoms with E-state index in [9.17, 15) is 0 Å². The Balaban J connectivity index is 1.70. The van der Waals surface area contributed by atoms with Gasteiger partial charge >= 0.3 is 0 Å². The van der Waals surface area contributed by atoms with E-state index >= 15 is 0 Å². The van der Waals surface area contributed by atoms with E-state index in [1.807, 2.05) is 19.6 Å². The highest BCUT2D eigenvalue weighted by atomic mass is 16.5. The molecular weight excluding hydrogens is 262 g/mol. The van der Waals surface area contributed by atoms with Crippen LogP contribution in [0.5, 0.6) is 5.75 Å². The van der Waals surface area contributed by atoms with Crippen LogP contribution in [0.25, 0.3) is 0 Å². The van der Waals surface area contributed by atoms with E-state index in [1.165, 1.54) is 17.5 Å². The fourth-order valence-electron chi connectivity index (χ4n) is 3.05. The van der Waals surface area contributed by atoms with Gasteiger partial charge in [-0.1, -0.05) is 6.07 Å². The molecule has 1 heterocycles. The lowest BCUT2D eigenvalue weighted by Crippen LogP contribution is -2.12. The van der Waals surface area contributed by atoms with E-state index in [2.05, 4.69) is 46.9 Å². The number of fused-ring (bicyclic) bond motifs is 1. The van der Waals surface area contributed by atoms with Crippen molar-refractivity contribution in [2.75, 3.05) is 7.05 Å². The molecule has 0 aliphatic heterocycles. The van der Waals surface area contributed by atoms with Crippen molar-refractivity contribution in [1.82, 2.24) is 14.9 Å². The number of nitrogens with zero attached hydrogens (tertiary/aromatic N) is 2. The lowest BCUT2D eigenvalue weighted by molar-refractivity contribution is 0.292. The van der Waals surface area contributed by atoms with Crippen molar-refractivity contribution < 1.29 is 4.74 Å². The number of aryl methyl sites for hydroxylation is 1. The molecule has 0 saturated heterocycles. The lowest BCUT2D eigenvalue weighted by atomic mass is 10.1. The smallest absolute Gasteiger partial charge is 0.130 e. The average Bonchev–Trinajstić information content (AvgIpc) is 3.11. The molecule has 1 aromatic heterocycles. The van der Waals surface area contributed by atoms with Gasteiger partial charge in [0.2, 0.25) is 0 Å². The first-order valence-electron chi connectivity index (χ1n) is 7.62. The van der Waals surface area contributed by atoms with Gasteiger partial charge in [0.1, 0.15) is 12.4 Å². The second kappa shape index (κ2) is 5.90. The van der Waals surface area contributed by atoms with E-state index < -0.39 is 0 Å². The molecule has 2 aromatic rings. The standard InChI is InChI=1S/C17H23N3O/c1-12(2)20-11-19-9-14(20)10-21-15-5-6-16-13(8-15)4-7-17(16)18-3/h5-6,8-9,11-12,17-18H,4,7,10H2,1-3H3. The minimum atomic E-state index is 0.405. The number of ether oxygens (including phenoxy) is 1. The summed E-state index contributed by atoms with van der Waals surface area (Å²) in [5, 5.41) is 3.36. The monoisotopic (exact) mass is 285 g/mol. The van der Waals surface area contributed by atoms with Gasteiger partial charge < -0.3 is 14.6 Å². The summed E-state index contributed by atoms with van der Waals surface area (Å²) in [6.07, 6.45) is 6.05. The Kier molecular flexibility index (Phi) is 3.97. The van der Waals surface area contributed by atoms with Crippen molar-refractivity contribution in [2.24, 2.45) is 0 Å². The molecular formula is C17H23N3O. The highest BCUT2D eigenvalue weighted by Crippen LogP contribution is 2.33. The van der Waals surface area contributed by atoms with Crippen LogP contribution in [0.15, 0.2) is 30.7 Å². The fraction of sp³-hybridized carbons (Fsp3) is 0.471. The van der Waals surface area contributed by atoms with Crippen LogP contribution >= 0.6 is 0 Å². The summed E-state index contributed by atoms with van der Waals surface area (Å²) in [5.74, 6) is 0.946. The van der Waals surface area contributed by atoms with Gasteiger partial charge in [-0.25, -0.2) is 4.98 Å². The van der Waals surface area contributed by atoms with E-state index in [0.717, 1.165) is 17.9 Å². The molecule has 1 aliphatic rings. The maximum atomic E-state index is 5.95. The zero-order valence-corrected chi connectivity index (χ0v) is 13.0. The molecule has 4 heteroatoms. The summed E-state index contributed by atoms with van der Waals surface area (Å²) in [5.41, 5.74) is 3.93. The quantitative estimate of drug-likeness (QED) is 0.916. The molecule has 0 saturated carbocycles. The van der Waals surface area contributed by atoms with Crippen LogP contribution in [0.2, 0.25) is 0 Å². The first-order chi connectivity index (χ1) is 10.2. The molecule has 0 radical (unpaired) electrons. The highest BCUT2D eigenvalue weighted by Gasteiger charge is 2.21. The van der Waals surface area contributed by atoms with Crippen molar-refractivity contribution in [2.45, 2.75) is 45.4 Å². The van der Waals surface area contributed by atoms with Gasteiger partial charge in [0.15, 0.2) is 0 Å². The van der Waals surface area contributed by atoms with Crippen LogP contribution < -0.4 is 10.1 Å². The summed E-state index contributed by atoms with van der Waals surface area (Å²) in [6, 6.07) is 7.35. The summed E-state index contributed by atoms with van der Waals surface area (Å²) >= 11 is 0. The minimum Gasteiger partial charge on any atom is -0.487 e. The number of aromatic nitrogens is 2. The molecule has 112 valence electrons. The van der Waals surface area contributed by atoms with E-state index in [-0.39, 0.29) is 0 Å². The van der Waals surface area contributed by atoms with Gasteiger partial charge in [0.25, 0.3) is 0 Å². The van der Waals surface area contributed by atoms with Crippen molar-refractivity contribution >= 4 is 0 Å². The van der Waals surface area contributed by atoms with Crippen molar-refractivity contribution in [3.05, 3.63) is 47.5 Å². The Labute approximate surface area is 126 Å². The molecule has 0 fully saturated rings. The Bertz CT molecular complexity index is 618. The second-order valence-electron chi connectivity index (χ2n) is 5.92. The SMILES string of the molecule is CNC1CCc2cc(OCc3cncn3C(C)C)ccc21. The van der Waals surface area contributed by atoms with Crippen LogP contribution in [0.1, 0.15) is 49.2 Å². The molecule has 21 heavy (non-hydrogen) atoms. The molecule has 0 bridgehead atoms. The molecule has 0 amide bonds. The van der Waals surface area contributed by atoms with E-state index in [0.29, 0.717) is 18.7 Å². The first kappa shape index (κ1) is 14.1. The Morgan fingerprint density at radius 1 is 1.43 bits per heavy atom. The second-order valence-corrected chi connectivity index (χ2v) is 5.92. The van der Waals surface area contributed by atoms with E-state index in [1.54, 1.807) is 0 Å².